The Morgan fingerprint density at radius 3 is 2.84 bits per heavy atom. The largest absolute Gasteiger partial charge is 0.418 e. The van der Waals surface area contributed by atoms with Gasteiger partial charge < -0.3 is 14.6 Å². The van der Waals surface area contributed by atoms with Gasteiger partial charge >= 0.3 is 6.03 Å². The fourth-order valence-electron chi connectivity index (χ4n) is 1.60. The van der Waals surface area contributed by atoms with E-state index in [9.17, 15) is 4.79 Å². The van der Waals surface area contributed by atoms with Gasteiger partial charge in [-0.05, 0) is 25.3 Å². The highest BCUT2D eigenvalue weighted by Gasteiger charge is 2.12. The van der Waals surface area contributed by atoms with Crippen LogP contribution in [0.25, 0.3) is 10.8 Å². The van der Waals surface area contributed by atoms with Crippen LogP contribution < -0.4 is 5.32 Å². The minimum absolute atomic E-state index is 0.124. The number of urea groups is 1. The average molecular weight is 280 g/mol. The normalized spacial score (nSPS) is 10.4. The number of carbonyl (C=O) groups is 1. The summed E-state index contributed by atoms with van der Waals surface area (Å²) < 4.78 is 5.48. The van der Waals surface area contributed by atoms with E-state index in [1.54, 1.807) is 4.90 Å². The monoisotopic (exact) mass is 280 g/mol. The summed E-state index contributed by atoms with van der Waals surface area (Å²) in [6.45, 7) is 5.46. The Hall–Kier alpha value is -1.89. The van der Waals surface area contributed by atoms with Crippen LogP contribution in [0, 0.1) is 0 Å². The number of nitrogens with zero attached hydrogens (tertiary/aromatic N) is 3. The molecule has 0 unspecified atom stereocenters. The molecule has 0 aliphatic rings. The Balaban J connectivity index is 1.92. The first kappa shape index (κ1) is 13.5. The molecule has 0 aliphatic carbocycles. The Morgan fingerprint density at radius 1 is 1.42 bits per heavy atom. The van der Waals surface area contributed by atoms with Gasteiger partial charge in [-0.25, -0.2) is 4.79 Å². The zero-order valence-corrected chi connectivity index (χ0v) is 11.7. The minimum atomic E-state index is -0.124. The maximum atomic E-state index is 11.7. The van der Waals surface area contributed by atoms with Crippen LogP contribution in [-0.2, 0) is 6.54 Å². The minimum Gasteiger partial charge on any atom is -0.418 e. The summed E-state index contributed by atoms with van der Waals surface area (Å²) >= 11 is 1.53. The number of rotatable bonds is 5. The van der Waals surface area contributed by atoms with E-state index < -0.39 is 0 Å². The van der Waals surface area contributed by atoms with Gasteiger partial charge in [-0.1, -0.05) is 6.07 Å². The van der Waals surface area contributed by atoms with Crippen molar-refractivity contribution in [3.8, 4) is 10.8 Å². The lowest BCUT2D eigenvalue weighted by Gasteiger charge is -2.18. The lowest BCUT2D eigenvalue weighted by Crippen LogP contribution is -2.39. The molecule has 2 aromatic rings. The molecule has 0 atom stereocenters. The van der Waals surface area contributed by atoms with Crippen LogP contribution in [0.3, 0.4) is 0 Å². The smallest absolute Gasteiger partial charge is 0.317 e. The third-order valence-corrected chi connectivity index (χ3v) is 3.50. The first-order valence-electron chi connectivity index (χ1n) is 6.13. The molecule has 0 radical (unpaired) electrons. The van der Waals surface area contributed by atoms with Crippen molar-refractivity contribution in [1.82, 2.24) is 20.4 Å². The lowest BCUT2D eigenvalue weighted by molar-refractivity contribution is 0.201. The van der Waals surface area contributed by atoms with Crippen LogP contribution in [0.5, 0.6) is 0 Å². The van der Waals surface area contributed by atoms with Crippen molar-refractivity contribution in [3.05, 3.63) is 23.4 Å². The number of carbonyl (C=O) groups excluding carboxylic acids is 1. The second-order valence-electron chi connectivity index (χ2n) is 3.81. The molecule has 0 aromatic carbocycles. The Kier molecular flexibility index (Phi) is 4.51. The molecule has 19 heavy (non-hydrogen) atoms. The van der Waals surface area contributed by atoms with Crippen LogP contribution in [0.2, 0.25) is 0 Å². The van der Waals surface area contributed by atoms with Gasteiger partial charge in [0.05, 0.1) is 11.4 Å². The highest BCUT2D eigenvalue weighted by atomic mass is 32.1. The number of nitrogens with one attached hydrogen (secondary N) is 1. The maximum Gasteiger partial charge on any atom is 0.317 e. The van der Waals surface area contributed by atoms with Crippen molar-refractivity contribution in [1.29, 1.82) is 0 Å². The van der Waals surface area contributed by atoms with Gasteiger partial charge in [0.15, 0.2) is 0 Å². The lowest BCUT2D eigenvalue weighted by atomic mass is 10.5. The molecule has 0 fully saturated rings. The molecular formula is C12H16N4O2S. The number of amides is 2. The second-order valence-corrected chi connectivity index (χ2v) is 4.76. The molecule has 0 spiro atoms. The summed E-state index contributed by atoms with van der Waals surface area (Å²) in [5, 5.41) is 12.6. The second kappa shape index (κ2) is 6.33. The van der Waals surface area contributed by atoms with Gasteiger partial charge in [0.1, 0.15) is 0 Å². The molecule has 2 rings (SSSR count). The van der Waals surface area contributed by atoms with E-state index >= 15 is 0 Å². The molecular weight excluding hydrogens is 264 g/mol. The topological polar surface area (TPSA) is 71.3 Å². The molecule has 2 amide bonds. The van der Waals surface area contributed by atoms with Gasteiger partial charge in [0.2, 0.25) is 5.89 Å². The molecule has 0 saturated carbocycles. The molecule has 0 aliphatic heterocycles. The van der Waals surface area contributed by atoms with E-state index in [2.05, 4.69) is 15.5 Å². The highest BCUT2D eigenvalue weighted by molar-refractivity contribution is 7.13. The van der Waals surface area contributed by atoms with Crippen LogP contribution in [0.15, 0.2) is 21.9 Å². The van der Waals surface area contributed by atoms with Gasteiger partial charge in [0, 0.05) is 13.1 Å². The summed E-state index contributed by atoms with van der Waals surface area (Å²) in [6.07, 6.45) is 0. The van der Waals surface area contributed by atoms with E-state index in [1.165, 1.54) is 11.3 Å². The standard InChI is InChI=1S/C12H16N4O2S/c1-3-16(4-2)12(17)13-8-10-14-15-11(18-10)9-6-5-7-19-9/h5-7H,3-4,8H2,1-2H3,(H,13,17). The van der Waals surface area contributed by atoms with E-state index in [1.807, 2.05) is 31.4 Å². The third kappa shape index (κ3) is 3.31. The fourth-order valence-corrected chi connectivity index (χ4v) is 2.24. The van der Waals surface area contributed by atoms with Crippen LogP contribution in [-0.4, -0.2) is 34.2 Å². The van der Waals surface area contributed by atoms with Crippen molar-refractivity contribution in [2.24, 2.45) is 0 Å². The molecule has 0 bridgehead atoms. The predicted molar refractivity (Wildman–Crippen MR) is 72.8 cm³/mol. The van der Waals surface area contributed by atoms with Crippen molar-refractivity contribution in [3.63, 3.8) is 0 Å². The molecule has 6 nitrogen and oxygen atoms in total. The zero-order valence-electron chi connectivity index (χ0n) is 10.9. The Labute approximate surface area is 115 Å². The molecule has 2 heterocycles. The summed E-state index contributed by atoms with van der Waals surface area (Å²) in [6, 6.07) is 3.71. The molecule has 1 N–H and O–H groups in total. The van der Waals surface area contributed by atoms with E-state index in [-0.39, 0.29) is 12.6 Å². The SMILES string of the molecule is CCN(CC)C(=O)NCc1nnc(-c2cccs2)o1. The summed E-state index contributed by atoms with van der Waals surface area (Å²) in [5.74, 6) is 0.894. The van der Waals surface area contributed by atoms with Crippen molar-refractivity contribution < 1.29 is 9.21 Å². The van der Waals surface area contributed by atoms with Gasteiger partial charge in [-0.2, -0.15) is 0 Å². The third-order valence-electron chi connectivity index (χ3n) is 2.64. The van der Waals surface area contributed by atoms with E-state index in [0.717, 1.165) is 4.88 Å². The predicted octanol–water partition coefficient (Wildman–Crippen LogP) is 2.35. The van der Waals surface area contributed by atoms with E-state index in [4.69, 9.17) is 4.42 Å². The first-order valence-corrected chi connectivity index (χ1v) is 7.01. The maximum absolute atomic E-state index is 11.7. The fraction of sp³-hybridized carbons (Fsp3) is 0.417. The number of hydrogen-bond acceptors (Lipinski definition) is 5. The van der Waals surface area contributed by atoms with Crippen molar-refractivity contribution >= 4 is 17.4 Å². The summed E-state index contributed by atoms with van der Waals surface area (Å²) in [7, 11) is 0. The Bertz CT molecular complexity index is 520. The Morgan fingerprint density at radius 2 is 2.21 bits per heavy atom. The average Bonchev–Trinajstić information content (AvgIpc) is 3.08. The number of aromatic nitrogens is 2. The zero-order chi connectivity index (χ0) is 13.7. The van der Waals surface area contributed by atoms with Gasteiger partial charge in [-0.3, -0.25) is 0 Å². The molecule has 102 valence electrons. The van der Waals surface area contributed by atoms with Gasteiger partial charge in [-0.15, -0.1) is 21.5 Å². The number of hydrogen-bond donors (Lipinski definition) is 1. The highest BCUT2D eigenvalue weighted by Crippen LogP contribution is 2.22. The van der Waals surface area contributed by atoms with Crippen LogP contribution in [0.4, 0.5) is 4.79 Å². The van der Waals surface area contributed by atoms with Crippen molar-refractivity contribution in [2.75, 3.05) is 13.1 Å². The number of thiophene rings is 1. The van der Waals surface area contributed by atoms with E-state index in [0.29, 0.717) is 24.9 Å². The van der Waals surface area contributed by atoms with Gasteiger partial charge in [0.25, 0.3) is 5.89 Å². The molecule has 7 heteroatoms. The van der Waals surface area contributed by atoms with Crippen LogP contribution in [0.1, 0.15) is 19.7 Å². The quantitative estimate of drug-likeness (QED) is 0.912. The van der Waals surface area contributed by atoms with Crippen LogP contribution >= 0.6 is 11.3 Å². The van der Waals surface area contributed by atoms with Crippen molar-refractivity contribution in [2.45, 2.75) is 20.4 Å². The summed E-state index contributed by atoms with van der Waals surface area (Å²) in [5.41, 5.74) is 0. The first-order chi connectivity index (χ1) is 9.24. The summed E-state index contributed by atoms with van der Waals surface area (Å²) in [4.78, 5) is 14.4. The molecule has 2 aromatic heterocycles. The molecule has 0 saturated heterocycles.